The van der Waals surface area contributed by atoms with Crippen molar-refractivity contribution in [3.05, 3.63) is 328 Å². The van der Waals surface area contributed by atoms with Crippen molar-refractivity contribution in [2.45, 2.75) is 0 Å². The molecule has 0 aliphatic heterocycles. The van der Waals surface area contributed by atoms with E-state index in [1.165, 1.54) is 0 Å². The van der Waals surface area contributed by atoms with E-state index in [1.54, 1.807) is 18.6 Å². The van der Waals surface area contributed by atoms with Gasteiger partial charge in [-0.05, 0) is 35.3 Å². The van der Waals surface area contributed by atoms with E-state index < -0.39 is 21.4 Å². The molecule has 0 radical (unpaired) electrons. The molecule has 79 heavy (non-hydrogen) atoms. The summed E-state index contributed by atoms with van der Waals surface area (Å²) in [6.07, 6.45) is 5.28. The molecule has 12 aromatic rings. The maximum absolute atomic E-state index is 14.2. The molecule has 12 rings (SSSR count). The Kier molecular flexibility index (Phi) is 18.6. The summed E-state index contributed by atoms with van der Waals surface area (Å²) in [6.45, 7) is 0. The second-order valence-corrected chi connectivity index (χ2v) is 26.2. The quantitative estimate of drug-likeness (QED) is 0.0894. The molecular weight excluding hydrogens is 1200 g/mol. The Morgan fingerprint density at radius 1 is 0.228 bits per heavy atom. The van der Waals surface area contributed by atoms with Crippen molar-refractivity contribution >= 4 is 69.2 Å². The summed E-state index contributed by atoms with van der Waals surface area (Å²) < 4.78 is 42.7. The van der Waals surface area contributed by atoms with Crippen LogP contribution in [-0.4, -0.2) is 15.0 Å². The van der Waals surface area contributed by atoms with Crippen LogP contribution in [0.4, 0.5) is 0 Å². The Morgan fingerprint density at radius 2 is 0.430 bits per heavy atom. The molecule has 384 valence electrons. The van der Waals surface area contributed by atoms with E-state index in [9.17, 15) is 13.7 Å². The van der Waals surface area contributed by atoms with Gasteiger partial charge in [0.1, 0.15) is 21.4 Å². The van der Waals surface area contributed by atoms with E-state index in [2.05, 4.69) is 33.2 Å². The molecule has 0 spiro atoms. The third kappa shape index (κ3) is 12.6. The molecule has 0 saturated carbocycles. The fourth-order valence-electron chi connectivity index (χ4n) is 9.05. The third-order valence-electron chi connectivity index (χ3n) is 13.0. The van der Waals surface area contributed by atoms with Crippen molar-refractivity contribution in [3.63, 3.8) is 0 Å². The van der Waals surface area contributed by atoms with Crippen LogP contribution in [0.25, 0.3) is 33.8 Å². The minimum absolute atomic E-state index is 0. The van der Waals surface area contributed by atoms with E-state index in [1.807, 2.05) is 291 Å². The van der Waals surface area contributed by atoms with Crippen LogP contribution in [0.1, 0.15) is 0 Å². The zero-order valence-corrected chi connectivity index (χ0v) is 47.8. The monoisotopic (exact) mass is 1260 g/mol. The first-order chi connectivity index (χ1) is 38.3. The Balaban J connectivity index is 0.000000143. The second kappa shape index (κ2) is 26.4. The molecule has 6 nitrogen and oxygen atoms in total. The first-order valence-corrected chi connectivity index (χ1v) is 30.4. The Hall–Kier alpha value is -8.23. The predicted octanol–water partition coefficient (Wildman–Crippen LogP) is 12.6. The molecule has 9 aromatic carbocycles. The zero-order chi connectivity index (χ0) is 53.5. The first-order valence-electron chi connectivity index (χ1n) is 25.3. The van der Waals surface area contributed by atoms with Gasteiger partial charge in [0.05, 0.1) is 0 Å². The van der Waals surface area contributed by atoms with Crippen molar-refractivity contribution in [3.8, 4) is 33.8 Å². The zero-order valence-electron chi connectivity index (χ0n) is 42.7. The van der Waals surface area contributed by atoms with E-state index >= 15 is 0 Å². The predicted molar refractivity (Wildman–Crippen MR) is 324 cm³/mol. The largest absolute Gasteiger partial charge is 3.00 e. The second-order valence-electron chi connectivity index (χ2n) is 17.9. The Morgan fingerprint density at radius 3 is 0.595 bits per heavy atom. The van der Waals surface area contributed by atoms with Gasteiger partial charge in [0, 0.05) is 50.4 Å². The molecule has 0 unspecified atom stereocenters. The average molecular weight is 1260 g/mol. The van der Waals surface area contributed by atoms with Crippen LogP contribution in [0.2, 0.25) is 0 Å². The number of hydrogen-bond donors (Lipinski definition) is 0. The van der Waals surface area contributed by atoms with Crippen LogP contribution in [0.5, 0.6) is 0 Å². The molecule has 3 heterocycles. The number of benzene rings is 9. The van der Waals surface area contributed by atoms with Gasteiger partial charge in [-0.15, -0.1) is 89.5 Å². The number of pyridine rings is 3. The minimum Gasteiger partial charge on any atom is -0.319 e. The number of rotatable bonds is 12. The maximum atomic E-state index is 14.2. The van der Waals surface area contributed by atoms with Crippen molar-refractivity contribution < 1.29 is 33.8 Å². The first kappa shape index (κ1) is 55.5. The fraction of sp³-hybridized carbons (Fsp3) is 0. The van der Waals surface area contributed by atoms with Crippen LogP contribution in [0, 0.1) is 18.2 Å². The standard InChI is InChI=1S/3C23H17NOP.Ir/c3*25-26(20-9-3-1-4-10-20,21-11-5-2-6-12-21)22-16-14-19(15-17-22)23-13-7-8-18-24-23;/h3*1-14,16-18H;/q3*-1;+3. The fourth-order valence-corrected chi connectivity index (χ4v) is 16.9. The molecule has 0 aliphatic rings. The van der Waals surface area contributed by atoms with Gasteiger partial charge in [-0.25, -0.2) is 0 Å². The van der Waals surface area contributed by atoms with Crippen LogP contribution in [0.15, 0.2) is 310 Å². The molecule has 0 atom stereocenters. The van der Waals surface area contributed by atoms with Crippen molar-refractivity contribution in [1.82, 2.24) is 15.0 Å². The SMILES string of the molecule is O=P(c1c[c-]c(-c2ccccn2)cc1)(c1ccccc1)c1ccccc1.O=P(c1c[c-]c(-c2ccccn2)cc1)(c1ccccc1)c1ccccc1.O=P(c1c[c-]c(-c2ccccn2)cc1)(c1ccccc1)c1ccccc1.[Ir+3]. The van der Waals surface area contributed by atoms with Gasteiger partial charge in [-0.2, -0.15) is 0 Å². The van der Waals surface area contributed by atoms with Crippen molar-refractivity contribution in [2.75, 3.05) is 0 Å². The van der Waals surface area contributed by atoms with Gasteiger partial charge < -0.3 is 28.6 Å². The van der Waals surface area contributed by atoms with Gasteiger partial charge in [-0.3, -0.25) is 0 Å². The van der Waals surface area contributed by atoms with Gasteiger partial charge >= 0.3 is 20.1 Å². The van der Waals surface area contributed by atoms with Crippen LogP contribution >= 0.6 is 21.4 Å². The van der Waals surface area contributed by atoms with E-state index in [0.717, 1.165) is 81.5 Å². The molecule has 10 heteroatoms. The molecule has 0 fully saturated rings. The van der Waals surface area contributed by atoms with Crippen LogP contribution in [-0.2, 0) is 33.8 Å². The molecule has 0 N–H and O–H groups in total. The molecular formula is C69H51IrN3O3P3. The van der Waals surface area contributed by atoms with E-state index in [4.69, 9.17) is 0 Å². The summed E-state index contributed by atoms with van der Waals surface area (Å²) in [5.74, 6) is 0. The summed E-state index contributed by atoms with van der Waals surface area (Å²) in [7, 11) is -8.82. The smallest absolute Gasteiger partial charge is 0.319 e. The minimum atomic E-state index is -2.94. The average Bonchev–Trinajstić information content (AvgIpc) is 3.59. The summed E-state index contributed by atoms with van der Waals surface area (Å²) in [6, 6.07) is 102. The number of hydrogen-bond acceptors (Lipinski definition) is 6. The van der Waals surface area contributed by atoms with Gasteiger partial charge in [-0.1, -0.05) is 234 Å². The third-order valence-corrected chi connectivity index (χ3v) is 22.2. The molecule has 0 amide bonds. The molecule has 3 aromatic heterocycles. The van der Waals surface area contributed by atoms with Gasteiger partial charge in [0.25, 0.3) is 0 Å². The normalized spacial score (nSPS) is 11.1. The molecule has 0 aliphatic carbocycles. The summed E-state index contributed by atoms with van der Waals surface area (Å²) >= 11 is 0. The maximum Gasteiger partial charge on any atom is 3.00 e. The Labute approximate surface area is 476 Å². The molecule has 0 saturated heterocycles. The van der Waals surface area contributed by atoms with Crippen molar-refractivity contribution in [1.29, 1.82) is 0 Å². The van der Waals surface area contributed by atoms with Gasteiger partial charge in [0.15, 0.2) is 0 Å². The van der Waals surface area contributed by atoms with Gasteiger partial charge in [0.2, 0.25) is 0 Å². The Bertz CT molecular complexity index is 3390. The van der Waals surface area contributed by atoms with E-state index in [-0.39, 0.29) is 20.1 Å². The summed E-state index contributed by atoms with van der Waals surface area (Å²) in [4.78, 5) is 13.1. The molecule has 0 bridgehead atoms. The summed E-state index contributed by atoms with van der Waals surface area (Å²) in [5, 5.41) is 7.26. The topological polar surface area (TPSA) is 89.9 Å². The van der Waals surface area contributed by atoms with Crippen LogP contribution < -0.4 is 47.7 Å². The number of nitrogens with zero attached hydrogens (tertiary/aromatic N) is 3. The van der Waals surface area contributed by atoms with E-state index in [0.29, 0.717) is 0 Å². The van der Waals surface area contributed by atoms with Crippen molar-refractivity contribution in [2.24, 2.45) is 0 Å². The number of aromatic nitrogens is 3. The van der Waals surface area contributed by atoms with Crippen LogP contribution in [0.3, 0.4) is 0 Å². The summed E-state index contributed by atoms with van der Waals surface area (Å²) in [5.41, 5.74) is 5.24.